The van der Waals surface area contributed by atoms with Gasteiger partial charge in [-0.2, -0.15) is 0 Å². The van der Waals surface area contributed by atoms with Crippen LogP contribution in [0.15, 0.2) is 18.2 Å². The first-order chi connectivity index (χ1) is 6.68. The van der Waals surface area contributed by atoms with Gasteiger partial charge in [-0.3, -0.25) is 0 Å². The molecule has 0 saturated carbocycles. The van der Waals surface area contributed by atoms with Crippen LogP contribution in [0.1, 0.15) is 50.3 Å². The van der Waals surface area contributed by atoms with Gasteiger partial charge in [0.15, 0.2) is 0 Å². The van der Waals surface area contributed by atoms with Crippen molar-refractivity contribution in [1.29, 1.82) is 0 Å². The summed E-state index contributed by atoms with van der Waals surface area (Å²) in [7, 11) is 0. The Labute approximate surface area is 88.4 Å². The maximum atomic E-state index is 2.35. The molecule has 0 bridgehead atoms. The monoisotopic (exact) mass is 190 g/mol. The fourth-order valence-corrected chi connectivity index (χ4v) is 2.15. The molecule has 0 N–H and O–H groups in total. The van der Waals surface area contributed by atoms with Crippen molar-refractivity contribution in [2.45, 2.75) is 47.0 Å². The Bertz CT molecular complexity index is 299. The Morgan fingerprint density at radius 2 is 1.79 bits per heavy atom. The third-order valence-corrected chi connectivity index (χ3v) is 3.19. The van der Waals surface area contributed by atoms with E-state index in [-0.39, 0.29) is 0 Å². The van der Waals surface area contributed by atoms with Gasteiger partial charge in [0.05, 0.1) is 0 Å². The van der Waals surface area contributed by atoms with Gasteiger partial charge < -0.3 is 0 Å². The molecule has 0 aliphatic heterocycles. The molecule has 1 unspecified atom stereocenters. The number of aryl methyl sites for hydroxylation is 1. The Kier molecular flexibility index (Phi) is 3.74. The lowest BCUT2D eigenvalue weighted by atomic mass is 9.96. The highest BCUT2D eigenvalue weighted by atomic mass is 14.3. The Morgan fingerprint density at radius 1 is 1.14 bits per heavy atom. The van der Waals surface area contributed by atoms with Crippen LogP contribution in [0, 0.1) is 12.8 Å². The molecule has 0 heterocycles. The summed E-state index contributed by atoms with van der Waals surface area (Å²) >= 11 is 0. The van der Waals surface area contributed by atoms with Crippen molar-refractivity contribution in [3.8, 4) is 0 Å². The van der Waals surface area contributed by atoms with Gasteiger partial charge in [0, 0.05) is 0 Å². The van der Waals surface area contributed by atoms with E-state index in [0.29, 0.717) is 0 Å². The van der Waals surface area contributed by atoms with E-state index in [1.54, 1.807) is 11.1 Å². The maximum absolute atomic E-state index is 2.35. The third kappa shape index (κ3) is 2.00. The molecule has 2 atom stereocenters. The minimum atomic E-state index is 0.764. The highest BCUT2D eigenvalue weighted by Gasteiger charge is 2.24. The molecule has 1 aliphatic rings. The lowest BCUT2D eigenvalue weighted by Crippen LogP contribution is -1.97. The van der Waals surface area contributed by atoms with E-state index in [0.717, 1.165) is 11.8 Å². The molecule has 1 aromatic carbocycles. The van der Waals surface area contributed by atoms with Crippen LogP contribution in [0.25, 0.3) is 0 Å². The smallest absolute Gasteiger partial charge is 0.0159 e. The summed E-state index contributed by atoms with van der Waals surface area (Å²) in [4.78, 5) is 0. The summed E-state index contributed by atoms with van der Waals surface area (Å²) in [6.07, 6.45) is 1.27. The van der Waals surface area contributed by atoms with E-state index in [1.807, 2.05) is 13.8 Å². The number of benzene rings is 1. The normalized spacial score (nSPS) is 23.8. The average molecular weight is 190 g/mol. The minimum Gasteiger partial charge on any atom is -0.0683 e. The van der Waals surface area contributed by atoms with Crippen LogP contribution >= 0.6 is 0 Å². The number of rotatable bonds is 0. The van der Waals surface area contributed by atoms with Crippen molar-refractivity contribution in [3.05, 3.63) is 34.9 Å². The van der Waals surface area contributed by atoms with E-state index in [9.17, 15) is 0 Å². The van der Waals surface area contributed by atoms with Gasteiger partial charge in [-0.25, -0.2) is 0 Å². The van der Waals surface area contributed by atoms with Crippen molar-refractivity contribution in [2.24, 2.45) is 5.92 Å². The largest absolute Gasteiger partial charge is 0.0683 e. The summed E-state index contributed by atoms with van der Waals surface area (Å²) in [5, 5.41) is 0. The van der Waals surface area contributed by atoms with Crippen LogP contribution in [0.5, 0.6) is 0 Å². The van der Waals surface area contributed by atoms with E-state index < -0.39 is 0 Å². The summed E-state index contributed by atoms with van der Waals surface area (Å²) in [6, 6.07) is 6.87. The van der Waals surface area contributed by atoms with E-state index in [1.165, 1.54) is 12.0 Å². The molecule has 0 amide bonds. The number of hydrogen-bond acceptors (Lipinski definition) is 0. The maximum Gasteiger partial charge on any atom is -0.0159 e. The van der Waals surface area contributed by atoms with Gasteiger partial charge in [-0.15, -0.1) is 0 Å². The van der Waals surface area contributed by atoms with Crippen LogP contribution in [0.4, 0.5) is 0 Å². The van der Waals surface area contributed by atoms with E-state index in [2.05, 4.69) is 39.0 Å². The molecule has 0 aromatic heterocycles. The molecular weight excluding hydrogens is 168 g/mol. The van der Waals surface area contributed by atoms with Crippen LogP contribution in [0.2, 0.25) is 0 Å². The predicted octanol–water partition coefficient (Wildman–Crippen LogP) is 4.32. The molecule has 0 fully saturated rings. The first kappa shape index (κ1) is 11.3. The van der Waals surface area contributed by atoms with Crippen LogP contribution in [0.3, 0.4) is 0 Å². The first-order valence-corrected chi connectivity index (χ1v) is 5.78. The summed E-state index contributed by atoms with van der Waals surface area (Å²) in [6.45, 7) is 10.9. The van der Waals surface area contributed by atoms with Crippen LogP contribution in [-0.4, -0.2) is 0 Å². The molecule has 0 heteroatoms. The van der Waals surface area contributed by atoms with Crippen molar-refractivity contribution >= 4 is 0 Å². The molecule has 0 nitrogen and oxygen atoms in total. The summed E-state index contributed by atoms with van der Waals surface area (Å²) in [5.74, 6) is 1.60. The van der Waals surface area contributed by atoms with Gasteiger partial charge in [-0.05, 0) is 36.3 Å². The molecule has 14 heavy (non-hydrogen) atoms. The minimum absolute atomic E-state index is 0.764. The van der Waals surface area contributed by atoms with Crippen molar-refractivity contribution in [2.75, 3.05) is 0 Å². The summed E-state index contributed by atoms with van der Waals surface area (Å²) < 4.78 is 0. The summed E-state index contributed by atoms with van der Waals surface area (Å²) in [5.41, 5.74) is 4.55. The van der Waals surface area contributed by atoms with Gasteiger partial charge >= 0.3 is 0 Å². The fraction of sp³-hybridized carbons (Fsp3) is 0.571. The second-order valence-electron chi connectivity index (χ2n) is 4.17. The molecule has 78 valence electrons. The van der Waals surface area contributed by atoms with Crippen LogP contribution in [-0.2, 0) is 6.42 Å². The highest BCUT2D eigenvalue weighted by Crippen LogP contribution is 2.37. The van der Waals surface area contributed by atoms with E-state index in [4.69, 9.17) is 0 Å². The Morgan fingerprint density at radius 3 is 2.43 bits per heavy atom. The molecule has 0 spiro atoms. The topological polar surface area (TPSA) is 0 Å². The van der Waals surface area contributed by atoms with Gasteiger partial charge in [0.25, 0.3) is 0 Å². The zero-order valence-corrected chi connectivity index (χ0v) is 10.1. The Balaban J connectivity index is 0.000000461. The fourth-order valence-electron chi connectivity index (χ4n) is 2.15. The average Bonchev–Trinajstić information content (AvgIpc) is 2.48. The standard InChI is InChI=1S/C12H16.C2H6/c1-8-4-5-11-7-9(2)10(3)12(11)6-8;1-2/h4-6,9-10H,7H2,1-3H3;1-2H3/t9-,10?;/m1./s1. The third-order valence-electron chi connectivity index (χ3n) is 3.19. The molecular formula is C14H22. The predicted molar refractivity (Wildman–Crippen MR) is 63.8 cm³/mol. The van der Waals surface area contributed by atoms with Gasteiger partial charge in [0.1, 0.15) is 0 Å². The van der Waals surface area contributed by atoms with Crippen LogP contribution < -0.4 is 0 Å². The Hall–Kier alpha value is -0.780. The van der Waals surface area contributed by atoms with Crippen molar-refractivity contribution in [1.82, 2.24) is 0 Å². The molecule has 0 saturated heterocycles. The lowest BCUT2D eigenvalue weighted by molar-refractivity contribution is 0.532. The zero-order chi connectivity index (χ0) is 10.7. The lowest BCUT2D eigenvalue weighted by Gasteiger charge is -2.09. The van der Waals surface area contributed by atoms with Crippen molar-refractivity contribution < 1.29 is 0 Å². The zero-order valence-electron chi connectivity index (χ0n) is 10.1. The van der Waals surface area contributed by atoms with Gasteiger partial charge in [-0.1, -0.05) is 51.5 Å². The SMILES string of the molecule is CC.Cc1ccc2c(c1)C(C)[C@H](C)C2. The first-order valence-electron chi connectivity index (χ1n) is 5.78. The van der Waals surface area contributed by atoms with E-state index >= 15 is 0 Å². The molecule has 1 aromatic rings. The molecule has 0 radical (unpaired) electrons. The van der Waals surface area contributed by atoms with Gasteiger partial charge in [0.2, 0.25) is 0 Å². The number of hydrogen-bond donors (Lipinski definition) is 0. The molecule has 2 rings (SSSR count). The second kappa shape index (κ2) is 4.63. The highest BCUT2D eigenvalue weighted by molar-refractivity contribution is 5.38. The second-order valence-corrected chi connectivity index (χ2v) is 4.17. The quantitative estimate of drug-likeness (QED) is 0.571. The number of fused-ring (bicyclic) bond motifs is 1. The van der Waals surface area contributed by atoms with Crippen molar-refractivity contribution in [3.63, 3.8) is 0 Å². The molecule has 1 aliphatic carbocycles.